The molecule has 0 spiro atoms. The van der Waals surface area contributed by atoms with E-state index in [0.717, 1.165) is 16.7 Å². The maximum Gasteiger partial charge on any atom is 0.337 e. The fourth-order valence-corrected chi connectivity index (χ4v) is 1.94. The first kappa shape index (κ1) is 14.1. The number of aromatic nitrogens is 3. The molecule has 0 aliphatic rings. The van der Waals surface area contributed by atoms with E-state index in [4.69, 9.17) is 5.11 Å². The molecule has 1 N–H and O–H groups in total. The van der Waals surface area contributed by atoms with Gasteiger partial charge in [0.15, 0.2) is 0 Å². The predicted octanol–water partition coefficient (Wildman–Crippen LogP) is 2.25. The molecule has 0 aromatic carbocycles. The van der Waals surface area contributed by atoms with Gasteiger partial charge in [-0.1, -0.05) is 0 Å². The number of hydrogen-bond acceptors (Lipinski definition) is 5. The SMILES string of the molecule is Cc1nn(-c2ncc(C(=O)O)cc2[N+](=O)[O-])c(C)c1Br. The monoisotopic (exact) mass is 340 g/mol. The number of nitro groups is 1. The highest BCUT2D eigenvalue weighted by Gasteiger charge is 2.23. The fraction of sp³-hybridized carbons (Fsp3) is 0.182. The van der Waals surface area contributed by atoms with Crippen LogP contribution in [0.1, 0.15) is 21.7 Å². The maximum atomic E-state index is 11.1. The van der Waals surface area contributed by atoms with Crippen molar-refractivity contribution in [2.24, 2.45) is 0 Å². The summed E-state index contributed by atoms with van der Waals surface area (Å²) in [5.41, 5.74) is 0.631. The molecule has 9 heteroatoms. The van der Waals surface area contributed by atoms with Gasteiger partial charge in [-0.2, -0.15) is 5.10 Å². The van der Waals surface area contributed by atoms with Crippen molar-refractivity contribution in [2.45, 2.75) is 13.8 Å². The van der Waals surface area contributed by atoms with Crippen LogP contribution in [-0.2, 0) is 0 Å². The second-order valence-electron chi connectivity index (χ2n) is 4.03. The fourth-order valence-electron chi connectivity index (χ4n) is 1.69. The molecule has 20 heavy (non-hydrogen) atoms. The smallest absolute Gasteiger partial charge is 0.337 e. The zero-order valence-corrected chi connectivity index (χ0v) is 12.1. The summed E-state index contributed by atoms with van der Waals surface area (Å²) in [5.74, 6) is -1.30. The van der Waals surface area contributed by atoms with E-state index in [9.17, 15) is 14.9 Å². The Morgan fingerprint density at radius 1 is 1.50 bits per heavy atom. The molecule has 0 amide bonds. The first-order chi connectivity index (χ1) is 9.32. The van der Waals surface area contributed by atoms with Crippen LogP contribution in [0.4, 0.5) is 5.69 Å². The van der Waals surface area contributed by atoms with Crippen molar-refractivity contribution in [3.8, 4) is 5.82 Å². The van der Waals surface area contributed by atoms with E-state index >= 15 is 0 Å². The van der Waals surface area contributed by atoms with E-state index in [1.165, 1.54) is 4.68 Å². The second-order valence-corrected chi connectivity index (χ2v) is 4.82. The largest absolute Gasteiger partial charge is 0.478 e. The van der Waals surface area contributed by atoms with Crippen LogP contribution in [0.15, 0.2) is 16.7 Å². The third kappa shape index (κ3) is 2.27. The minimum absolute atomic E-state index is 0.0219. The lowest BCUT2D eigenvalue weighted by Gasteiger charge is -2.05. The Kier molecular flexibility index (Phi) is 3.53. The summed E-state index contributed by atoms with van der Waals surface area (Å²) < 4.78 is 2.03. The highest BCUT2D eigenvalue weighted by atomic mass is 79.9. The van der Waals surface area contributed by atoms with E-state index in [1.54, 1.807) is 13.8 Å². The first-order valence-electron chi connectivity index (χ1n) is 5.42. The normalized spacial score (nSPS) is 10.6. The molecule has 0 atom stereocenters. The summed E-state index contributed by atoms with van der Waals surface area (Å²) in [6.45, 7) is 3.46. The Labute approximate surface area is 121 Å². The topological polar surface area (TPSA) is 111 Å². The molecule has 0 radical (unpaired) electrons. The molecule has 0 aliphatic carbocycles. The van der Waals surface area contributed by atoms with Crippen LogP contribution in [0.2, 0.25) is 0 Å². The number of carbonyl (C=O) groups is 1. The summed E-state index contributed by atoms with van der Waals surface area (Å²) in [6, 6.07) is 0.967. The number of nitrogens with zero attached hydrogens (tertiary/aromatic N) is 4. The zero-order valence-electron chi connectivity index (χ0n) is 10.5. The van der Waals surface area contributed by atoms with Gasteiger partial charge >= 0.3 is 11.7 Å². The van der Waals surface area contributed by atoms with Crippen LogP contribution in [0.25, 0.3) is 5.82 Å². The molecule has 0 saturated heterocycles. The number of aryl methyl sites for hydroxylation is 1. The molecule has 2 aromatic heterocycles. The van der Waals surface area contributed by atoms with Crippen molar-refractivity contribution < 1.29 is 14.8 Å². The van der Waals surface area contributed by atoms with Crippen LogP contribution in [-0.4, -0.2) is 30.8 Å². The molecule has 0 aliphatic heterocycles. The van der Waals surface area contributed by atoms with Gasteiger partial charge in [0.1, 0.15) is 0 Å². The highest BCUT2D eigenvalue weighted by Crippen LogP contribution is 2.27. The predicted molar refractivity (Wildman–Crippen MR) is 72.1 cm³/mol. The van der Waals surface area contributed by atoms with Crippen LogP contribution < -0.4 is 0 Å². The third-order valence-corrected chi connectivity index (χ3v) is 3.84. The van der Waals surface area contributed by atoms with E-state index in [2.05, 4.69) is 26.0 Å². The van der Waals surface area contributed by atoms with Crippen LogP contribution in [0.5, 0.6) is 0 Å². The van der Waals surface area contributed by atoms with Crippen molar-refractivity contribution in [2.75, 3.05) is 0 Å². The Bertz CT molecular complexity index is 725. The van der Waals surface area contributed by atoms with Crippen molar-refractivity contribution in [1.29, 1.82) is 0 Å². The van der Waals surface area contributed by atoms with Gasteiger partial charge in [0.05, 0.1) is 26.3 Å². The summed E-state index contributed by atoms with van der Waals surface area (Å²) in [7, 11) is 0. The van der Waals surface area contributed by atoms with Gasteiger partial charge in [-0.3, -0.25) is 10.1 Å². The summed E-state index contributed by atoms with van der Waals surface area (Å²) in [6.07, 6.45) is 1.06. The van der Waals surface area contributed by atoms with E-state index in [-0.39, 0.29) is 11.4 Å². The van der Waals surface area contributed by atoms with Gasteiger partial charge in [-0.25, -0.2) is 14.5 Å². The minimum atomic E-state index is -1.28. The first-order valence-corrected chi connectivity index (χ1v) is 6.22. The van der Waals surface area contributed by atoms with Gasteiger partial charge in [0.2, 0.25) is 5.82 Å². The highest BCUT2D eigenvalue weighted by molar-refractivity contribution is 9.10. The molecule has 0 fully saturated rings. The number of hydrogen-bond donors (Lipinski definition) is 1. The van der Waals surface area contributed by atoms with Gasteiger partial charge in [-0.05, 0) is 29.8 Å². The van der Waals surface area contributed by atoms with Gasteiger partial charge in [0.25, 0.3) is 0 Å². The molecule has 0 unspecified atom stereocenters. The van der Waals surface area contributed by atoms with Gasteiger partial charge < -0.3 is 5.11 Å². The molecule has 2 rings (SSSR count). The maximum absolute atomic E-state index is 11.1. The zero-order chi connectivity index (χ0) is 15.0. The molecule has 2 heterocycles. The lowest BCUT2D eigenvalue weighted by Crippen LogP contribution is -2.08. The van der Waals surface area contributed by atoms with E-state index in [0.29, 0.717) is 11.4 Å². The van der Waals surface area contributed by atoms with Crippen LogP contribution in [0.3, 0.4) is 0 Å². The van der Waals surface area contributed by atoms with E-state index < -0.39 is 16.6 Å². The van der Waals surface area contributed by atoms with Crippen molar-refractivity contribution in [1.82, 2.24) is 14.8 Å². The molecule has 2 aromatic rings. The number of halogens is 1. The van der Waals surface area contributed by atoms with Gasteiger partial charge in [0, 0.05) is 12.3 Å². The second kappa shape index (κ2) is 5.00. The lowest BCUT2D eigenvalue weighted by atomic mass is 10.2. The number of pyridine rings is 1. The van der Waals surface area contributed by atoms with Crippen molar-refractivity contribution >= 4 is 27.6 Å². The molecular formula is C11H9BrN4O4. The molecule has 8 nitrogen and oxygen atoms in total. The number of carboxylic acids is 1. The Hall–Kier alpha value is -2.29. The van der Waals surface area contributed by atoms with Crippen molar-refractivity contribution in [3.63, 3.8) is 0 Å². The summed E-state index contributed by atoms with van der Waals surface area (Å²) in [5, 5.41) is 24.1. The van der Waals surface area contributed by atoms with Crippen LogP contribution in [0, 0.1) is 24.0 Å². The van der Waals surface area contributed by atoms with E-state index in [1.807, 2.05) is 0 Å². The molecule has 104 valence electrons. The Balaban J connectivity index is 2.70. The number of carboxylic acid groups (broad SMARTS) is 1. The molecule has 0 saturated carbocycles. The number of aromatic carboxylic acids is 1. The standard InChI is InChI=1S/C11H9BrN4O4/c1-5-9(12)6(2)15(14-5)10-8(16(19)20)3-7(4-13-10)11(17)18/h3-4H,1-2H3,(H,17,18). The van der Waals surface area contributed by atoms with Crippen LogP contribution >= 0.6 is 15.9 Å². The van der Waals surface area contributed by atoms with Crippen molar-refractivity contribution in [3.05, 3.63) is 43.8 Å². The summed E-state index contributed by atoms with van der Waals surface area (Å²) in [4.78, 5) is 25.1. The quantitative estimate of drug-likeness (QED) is 0.677. The average molecular weight is 341 g/mol. The third-order valence-electron chi connectivity index (χ3n) is 2.69. The molecular weight excluding hydrogens is 332 g/mol. The molecule has 0 bridgehead atoms. The van der Waals surface area contributed by atoms with Gasteiger partial charge in [-0.15, -0.1) is 0 Å². The lowest BCUT2D eigenvalue weighted by molar-refractivity contribution is -0.385. The average Bonchev–Trinajstić information content (AvgIpc) is 2.65. The number of rotatable bonds is 3. The Morgan fingerprint density at radius 2 is 2.15 bits per heavy atom. The minimum Gasteiger partial charge on any atom is -0.478 e. The summed E-state index contributed by atoms with van der Waals surface area (Å²) >= 11 is 3.32. The Morgan fingerprint density at radius 3 is 2.60 bits per heavy atom.